The van der Waals surface area contributed by atoms with E-state index >= 15 is 0 Å². The topological polar surface area (TPSA) is 56.5 Å². The molecule has 3 atom stereocenters. The molecule has 2 heterocycles. The number of nitrogens with two attached hydrogens (primary N) is 1. The summed E-state index contributed by atoms with van der Waals surface area (Å²) in [6.07, 6.45) is 0.332. The third kappa shape index (κ3) is 1.25. The van der Waals surface area contributed by atoms with Crippen molar-refractivity contribution in [2.24, 2.45) is 5.73 Å². The van der Waals surface area contributed by atoms with Crippen LogP contribution in [-0.2, 0) is 9.47 Å². The maximum atomic E-state index is 5.71. The van der Waals surface area contributed by atoms with E-state index in [-0.39, 0.29) is 18.2 Å². The summed E-state index contributed by atoms with van der Waals surface area (Å²) in [5, 5.41) is 3.27. The van der Waals surface area contributed by atoms with Gasteiger partial charge in [0.1, 0.15) is 12.2 Å². The lowest BCUT2D eigenvalue weighted by Gasteiger charge is -2.21. The van der Waals surface area contributed by atoms with Gasteiger partial charge in [0.05, 0.1) is 0 Å². The second-order valence-electron chi connectivity index (χ2n) is 3.89. The summed E-state index contributed by atoms with van der Waals surface area (Å²) >= 11 is 0. The van der Waals surface area contributed by atoms with Crippen LogP contribution in [0, 0.1) is 0 Å². The normalized spacial score (nSPS) is 44.8. The van der Waals surface area contributed by atoms with Crippen molar-refractivity contribution in [2.45, 2.75) is 37.9 Å². The maximum Gasteiger partial charge on any atom is 0.163 e. The number of ether oxygens (including phenoxy) is 2. The van der Waals surface area contributed by atoms with E-state index in [1.165, 1.54) is 0 Å². The van der Waals surface area contributed by atoms with Crippen molar-refractivity contribution < 1.29 is 9.47 Å². The van der Waals surface area contributed by atoms with Crippen LogP contribution in [-0.4, -0.2) is 37.1 Å². The van der Waals surface area contributed by atoms with Gasteiger partial charge in [0, 0.05) is 19.1 Å². The first kappa shape index (κ1) is 8.44. The monoisotopic (exact) mass is 172 g/mol. The number of rotatable bonds is 1. The van der Waals surface area contributed by atoms with Gasteiger partial charge in [0.2, 0.25) is 0 Å². The molecule has 0 aromatic rings. The summed E-state index contributed by atoms with van der Waals surface area (Å²) < 4.78 is 11.4. The third-order valence-corrected chi connectivity index (χ3v) is 2.45. The molecule has 0 aliphatic carbocycles. The van der Waals surface area contributed by atoms with Crippen LogP contribution in [0.4, 0.5) is 0 Å². The molecule has 2 fully saturated rings. The van der Waals surface area contributed by atoms with Gasteiger partial charge < -0.3 is 20.5 Å². The molecule has 0 spiro atoms. The number of hydrogen-bond acceptors (Lipinski definition) is 4. The molecule has 70 valence electrons. The van der Waals surface area contributed by atoms with Crippen LogP contribution in [0.25, 0.3) is 0 Å². The van der Waals surface area contributed by atoms with Crippen LogP contribution in [0.5, 0.6) is 0 Å². The van der Waals surface area contributed by atoms with Gasteiger partial charge >= 0.3 is 0 Å². The summed E-state index contributed by atoms with van der Waals surface area (Å²) in [6, 6.07) is 0.261. The molecule has 0 aromatic carbocycles. The zero-order valence-corrected chi connectivity index (χ0v) is 7.54. The van der Waals surface area contributed by atoms with E-state index in [0.29, 0.717) is 6.54 Å². The van der Waals surface area contributed by atoms with E-state index < -0.39 is 5.79 Å². The zero-order valence-electron chi connectivity index (χ0n) is 7.54. The van der Waals surface area contributed by atoms with E-state index in [4.69, 9.17) is 15.2 Å². The Morgan fingerprint density at radius 1 is 1.50 bits per heavy atom. The van der Waals surface area contributed by atoms with Crippen molar-refractivity contribution in [1.29, 1.82) is 0 Å². The second kappa shape index (κ2) is 2.67. The second-order valence-corrected chi connectivity index (χ2v) is 3.89. The molecular weight excluding hydrogens is 156 g/mol. The van der Waals surface area contributed by atoms with E-state index in [1.54, 1.807) is 0 Å². The number of hydrogen-bond donors (Lipinski definition) is 2. The fourth-order valence-electron chi connectivity index (χ4n) is 1.96. The molecule has 2 aliphatic rings. The zero-order chi connectivity index (χ0) is 8.77. The third-order valence-electron chi connectivity index (χ3n) is 2.45. The molecule has 0 radical (unpaired) electrons. The first-order chi connectivity index (χ1) is 5.62. The molecule has 3 N–H and O–H groups in total. The highest BCUT2D eigenvalue weighted by Crippen LogP contribution is 2.32. The van der Waals surface area contributed by atoms with Gasteiger partial charge in [-0.25, -0.2) is 0 Å². The summed E-state index contributed by atoms with van der Waals surface area (Å²) in [5.41, 5.74) is 5.58. The highest BCUT2D eigenvalue weighted by atomic mass is 16.8. The Hall–Kier alpha value is -0.160. The summed E-state index contributed by atoms with van der Waals surface area (Å²) in [5.74, 6) is -0.426. The Kier molecular flexibility index (Phi) is 1.88. The van der Waals surface area contributed by atoms with Crippen molar-refractivity contribution in [3.05, 3.63) is 0 Å². The minimum absolute atomic E-state index is 0.144. The van der Waals surface area contributed by atoms with Crippen molar-refractivity contribution in [2.75, 3.05) is 13.1 Å². The number of nitrogens with one attached hydrogen (secondary N) is 1. The van der Waals surface area contributed by atoms with Gasteiger partial charge in [0.15, 0.2) is 5.79 Å². The van der Waals surface area contributed by atoms with Crippen molar-refractivity contribution in [3.63, 3.8) is 0 Å². The molecule has 0 saturated carbocycles. The molecular formula is C8H16N2O2. The van der Waals surface area contributed by atoms with Gasteiger partial charge in [-0.2, -0.15) is 0 Å². The van der Waals surface area contributed by atoms with Gasteiger partial charge in [-0.3, -0.25) is 0 Å². The average molecular weight is 172 g/mol. The molecule has 2 aliphatic heterocycles. The van der Waals surface area contributed by atoms with Crippen molar-refractivity contribution in [1.82, 2.24) is 5.32 Å². The lowest BCUT2D eigenvalue weighted by atomic mass is 10.1. The standard InChI is InChI=1S/C8H16N2O2/c1-8(2)11-6-4-10-5(3-9)7(6)12-8/h5-7,10H,3-4,9H2,1-2H3/t5-,6-,7+/m0/s1. The van der Waals surface area contributed by atoms with Crippen LogP contribution in [0.2, 0.25) is 0 Å². The lowest BCUT2D eigenvalue weighted by molar-refractivity contribution is -0.152. The fourth-order valence-corrected chi connectivity index (χ4v) is 1.96. The Bertz CT molecular complexity index is 184. The molecule has 4 nitrogen and oxygen atoms in total. The molecule has 4 heteroatoms. The smallest absolute Gasteiger partial charge is 0.163 e. The Labute approximate surface area is 72.4 Å². The highest BCUT2D eigenvalue weighted by Gasteiger charge is 2.48. The van der Waals surface area contributed by atoms with Gasteiger partial charge in [-0.15, -0.1) is 0 Å². The molecule has 0 aromatic heterocycles. The van der Waals surface area contributed by atoms with Gasteiger partial charge in [-0.05, 0) is 13.8 Å². The van der Waals surface area contributed by atoms with Crippen LogP contribution < -0.4 is 11.1 Å². The van der Waals surface area contributed by atoms with Gasteiger partial charge in [-0.1, -0.05) is 0 Å². The van der Waals surface area contributed by atoms with Gasteiger partial charge in [0.25, 0.3) is 0 Å². The molecule has 2 rings (SSSR count). The lowest BCUT2D eigenvalue weighted by Crippen LogP contribution is -2.40. The summed E-state index contributed by atoms with van der Waals surface area (Å²) in [7, 11) is 0. The minimum atomic E-state index is -0.426. The summed E-state index contributed by atoms with van der Waals surface area (Å²) in [6.45, 7) is 5.36. The quantitative estimate of drug-likeness (QED) is 0.556. The maximum absolute atomic E-state index is 5.71. The first-order valence-electron chi connectivity index (χ1n) is 4.41. The first-order valence-corrected chi connectivity index (χ1v) is 4.41. The summed E-state index contributed by atoms with van der Waals surface area (Å²) in [4.78, 5) is 0. The fraction of sp³-hybridized carbons (Fsp3) is 1.00. The molecule has 2 saturated heterocycles. The minimum Gasteiger partial charge on any atom is -0.343 e. The molecule has 0 unspecified atom stereocenters. The molecule has 12 heavy (non-hydrogen) atoms. The van der Waals surface area contributed by atoms with Crippen LogP contribution >= 0.6 is 0 Å². The Balaban J connectivity index is 2.06. The highest BCUT2D eigenvalue weighted by molar-refractivity contribution is 4.97. The largest absolute Gasteiger partial charge is 0.343 e. The predicted octanol–water partition coefficient (Wildman–Crippen LogP) is -0.563. The van der Waals surface area contributed by atoms with E-state index in [0.717, 1.165) is 6.54 Å². The Morgan fingerprint density at radius 2 is 2.25 bits per heavy atom. The Morgan fingerprint density at radius 3 is 2.92 bits per heavy atom. The van der Waals surface area contributed by atoms with E-state index in [2.05, 4.69) is 5.32 Å². The molecule has 0 bridgehead atoms. The average Bonchev–Trinajstić information content (AvgIpc) is 2.42. The molecule has 0 amide bonds. The van der Waals surface area contributed by atoms with Crippen molar-refractivity contribution in [3.8, 4) is 0 Å². The van der Waals surface area contributed by atoms with Crippen LogP contribution in [0.3, 0.4) is 0 Å². The predicted molar refractivity (Wildman–Crippen MR) is 44.7 cm³/mol. The number of fused-ring (bicyclic) bond motifs is 1. The van der Waals surface area contributed by atoms with E-state index in [1.807, 2.05) is 13.8 Å². The van der Waals surface area contributed by atoms with E-state index in [9.17, 15) is 0 Å². The SMILES string of the molecule is CC1(C)O[C@@H]2[C@H](CN)NC[C@@H]2O1. The van der Waals surface area contributed by atoms with Crippen molar-refractivity contribution >= 4 is 0 Å². The van der Waals surface area contributed by atoms with Crippen LogP contribution in [0.1, 0.15) is 13.8 Å². The van der Waals surface area contributed by atoms with Crippen LogP contribution in [0.15, 0.2) is 0 Å².